The summed E-state index contributed by atoms with van der Waals surface area (Å²) in [7, 11) is 0. The average molecular weight is 234 g/mol. The summed E-state index contributed by atoms with van der Waals surface area (Å²) >= 11 is 0. The van der Waals surface area contributed by atoms with Gasteiger partial charge in [0.1, 0.15) is 11.9 Å². The Bertz CT molecular complexity index is 397. The zero-order valence-corrected chi connectivity index (χ0v) is 9.39. The number of aliphatic carboxylic acids is 1. The van der Waals surface area contributed by atoms with Crippen molar-refractivity contribution in [1.82, 2.24) is 9.97 Å². The Balaban J connectivity index is 2.14. The molecule has 6 nitrogen and oxygen atoms in total. The van der Waals surface area contributed by atoms with Crippen LogP contribution in [-0.2, 0) is 4.79 Å². The van der Waals surface area contributed by atoms with Crippen LogP contribution in [0.2, 0.25) is 0 Å². The molecule has 17 heavy (non-hydrogen) atoms. The van der Waals surface area contributed by atoms with Crippen LogP contribution in [0.4, 0.5) is 5.82 Å². The second kappa shape index (κ2) is 7.17. The summed E-state index contributed by atoms with van der Waals surface area (Å²) in [5.74, 6) is -0.127. The van der Waals surface area contributed by atoms with E-state index in [1.54, 1.807) is 0 Å². The predicted molar refractivity (Wildman–Crippen MR) is 61.3 cm³/mol. The highest BCUT2D eigenvalue weighted by Crippen LogP contribution is 2.03. The molecule has 0 unspecified atom stereocenters. The molecule has 6 heteroatoms. The third-order valence-electron chi connectivity index (χ3n) is 2.14. The molecule has 0 aliphatic heterocycles. The van der Waals surface area contributed by atoms with E-state index in [-0.39, 0.29) is 12.1 Å². The van der Waals surface area contributed by atoms with E-state index < -0.39 is 5.97 Å². The topological polar surface area (TPSA) is 98.9 Å². The number of rotatable bonds is 7. The van der Waals surface area contributed by atoms with E-state index in [9.17, 15) is 4.79 Å². The number of nitrogens with zero attached hydrogens (tertiary/aromatic N) is 3. The van der Waals surface area contributed by atoms with Crippen molar-refractivity contribution in [3.8, 4) is 6.07 Å². The minimum Gasteiger partial charge on any atom is -0.481 e. The van der Waals surface area contributed by atoms with Crippen molar-refractivity contribution < 1.29 is 9.90 Å². The molecule has 0 saturated carbocycles. The van der Waals surface area contributed by atoms with Crippen LogP contribution in [-0.4, -0.2) is 27.6 Å². The molecule has 0 spiro atoms. The zero-order valence-electron chi connectivity index (χ0n) is 9.39. The molecular formula is C11H14N4O2. The molecule has 0 fully saturated rings. The SMILES string of the molecule is N#Cc1cnc(NCCCCCC(=O)O)cn1. The molecule has 0 radical (unpaired) electrons. The molecule has 0 aliphatic rings. The van der Waals surface area contributed by atoms with Gasteiger partial charge in [-0.3, -0.25) is 4.79 Å². The van der Waals surface area contributed by atoms with Gasteiger partial charge in [-0.05, 0) is 12.8 Å². The van der Waals surface area contributed by atoms with Gasteiger partial charge in [-0.1, -0.05) is 6.42 Å². The molecule has 2 N–H and O–H groups in total. The van der Waals surface area contributed by atoms with Crippen molar-refractivity contribution in [3.05, 3.63) is 18.1 Å². The molecule has 1 aromatic heterocycles. The summed E-state index contributed by atoms with van der Waals surface area (Å²) in [6, 6.07) is 1.89. The minimum atomic E-state index is -0.754. The lowest BCUT2D eigenvalue weighted by Crippen LogP contribution is -2.04. The van der Waals surface area contributed by atoms with Crippen LogP contribution in [0.1, 0.15) is 31.4 Å². The molecule has 0 amide bonds. The number of hydrogen-bond donors (Lipinski definition) is 2. The number of hydrogen-bond acceptors (Lipinski definition) is 5. The van der Waals surface area contributed by atoms with E-state index in [0.717, 1.165) is 19.4 Å². The van der Waals surface area contributed by atoms with Gasteiger partial charge in [-0.25, -0.2) is 9.97 Å². The van der Waals surface area contributed by atoms with Gasteiger partial charge < -0.3 is 10.4 Å². The van der Waals surface area contributed by atoms with E-state index in [1.807, 2.05) is 6.07 Å². The summed E-state index contributed by atoms with van der Waals surface area (Å²) in [5.41, 5.74) is 0.289. The maximum absolute atomic E-state index is 10.3. The Hall–Kier alpha value is -2.16. The number of nitriles is 1. The average Bonchev–Trinajstić information content (AvgIpc) is 2.34. The van der Waals surface area contributed by atoms with Crippen molar-refractivity contribution in [3.63, 3.8) is 0 Å². The first-order valence-electron chi connectivity index (χ1n) is 5.40. The Morgan fingerprint density at radius 2 is 2.18 bits per heavy atom. The largest absolute Gasteiger partial charge is 0.481 e. The lowest BCUT2D eigenvalue weighted by atomic mass is 10.2. The number of unbranched alkanes of at least 4 members (excludes halogenated alkanes) is 2. The predicted octanol–water partition coefficient (Wildman–Crippen LogP) is 1.41. The van der Waals surface area contributed by atoms with E-state index in [2.05, 4.69) is 15.3 Å². The van der Waals surface area contributed by atoms with Crippen molar-refractivity contribution >= 4 is 11.8 Å². The molecule has 1 heterocycles. The summed E-state index contributed by atoms with van der Waals surface area (Å²) in [6.45, 7) is 0.722. The first-order chi connectivity index (χ1) is 8.22. The lowest BCUT2D eigenvalue weighted by molar-refractivity contribution is -0.137. The molecule has 0 saturated heterocycles. The van der Waals surface area contributed by atoms with Crippen molar-refractivity contribution in [1.29, 1.82) is 5.26 Å². The van der Waals surface area contributed by atoms with Gasteiger partial charge in [0.15, 0.2) is 5.69 Å². The molecule has 90 valence electrons. The smallest absolute Gasteiger partial charge is 0.303 e. The third kappa shape index (κ3) is 5.47. The van der Waals surface area contributed by atoms with Gasteiger partial charge in [0.2, 0.25) is 0 Å². The van der Waals surface area contributed by atoms with Crippen molar-refractivity contribution in [2.24, 2.45) is 0 Å². The highest BCUT2D eigenvalue weighted by atomic mass is 16.4. The highest BCUT2D eigenvalue weighted by Gasteiger charge is 1.98. The number of carboxylic acids is 1. The molecular weight excluding hydrogens is 220 g/mol. The molecule has 0 atom stereocenters. The van der Waals surface area contributed by atoms with Crippen LogP contribution < -0.4 is 5.32 Å². The van der Waals surface area contributed by atoms with Crippen LogP contribution in [0.5, 0.6) is 0 Å². The van der Waals surface area contributed by atoms with Gasteiger partial charge in [0, 0.05) is 13.0 Å². The second-order valence-electron chi connectivity index (χ2n) is 3.53. The zero-order chi connectivity index (χ0) is 12.5. The van der Waals surface area contributed by atoms with Gasteiger partial charge in [-0.2, -0.15) is 5.26 Å². The first kappa shape index (κ1) is 12.9. The van der Waals surface area contributed by atoms with E-state index in [4.69, 9.17) is 10.4 Å². The van der Waals surface area contributed by atoms with Gasteiger partial charge in [0.25, 0.3) is 0 Å². The molecule has 1 rings (SSSR count). The Kier molecular flexibility index (Phi) is 5.44. The summed E-state index contributed by atoms with van der Waals surface area (Å²) in [4.78, 5) is 18.1. The number of aromatic nitrogens is 2. The standard InChI is InChI=1S/C11H14N4O2/c12-6-9-7-15-10(8-14-9)13-5-3-1-2-4-11(16)17/h7-8H,1-5H2,(H,13,15)(H,16,17). The van der Waals surface area contributed by atoms with Crippen LogP contribution in [0.25, 0.3) is 0 Å². The van der Waals surface area contributed by atoms with Crippen LogP contribution >= 0.6 is 0 Å². The summed E-state index contributed by atoms with van der Waals surface area (Å²) < 4.78 is 0. The Morgan fingerprint density at radius 1 is 1.35 bits per heavy atom. The van der Waals surface area contributed by atoms with Crippen LogP contribution in [0, 0.1) is 11.3 Å². The molecule has 0 aliphatic carbocycles. The third-order valence-corrected chi connectivity index (χ3v) is 2.14. The number of carbonyl (C=O) groups is 1. The van der Waals surface area contributed by atoms with E-state index in [0.29, 0.717) is 12.2 Å². The fourth-order valence-electron chi connectivity index (χ4n) is 1.27. The minimum absolute atomic E-state index is 0.219. The van der Waals surface area contributed by atoms with Gasteiger partial charge in [-0.15, -0.1) is 0 Å². The summed E-state index contributed by atoms with van der Waals surface area (Å²) in [6.07, 6.45) is 5.58. The fraction of sp³-hybridized carbons (Fsp3) is 0.455. The maximum atomic E-state index is 10.3. The van der Waals surface area contributed by atoms with E-state index in [1.165, 1.54) is 12.4 Å². The highest BCUT2D eigenvalue weighted by molar-refractivity contribution is 5.66. The number of nitrogens with one attached hydrogen (secondary N) is 1. The molecule has 0 bridgehead atoms. The Morgan fingerprint density at radius 3 is 2.76 bits per heavy atom. The number of carboxylic acid groups (broad SMARTS) is 1. The quantitative estimate of drug-likeness (QED) is 0.692. The number of anilines is 1. The maximum Gasteiger partial charge on any atom is 0.303 e. The van der Waals surface area contributed by atoms with Crippen molar-refractivity contribution in [2.75, 3.05) is 11.9 Å². The summed E-state index contributed by atoms with van der Waals surface area (Å²) in [5, 5.41) is 20.0. The lowest BCUT2D eigenvalue weighted by Gasteiger charge is -2.04. The molecule has 1 aromatic rings. The monoisotopic (exact) mass is 234 g/mol. The van der Waals surface area contributed by atoms with Gasteiger partial charge in [0.05, 0.1) is 12.4 Å². The van der Waals surface area contributed by atoms with E-state index >= 15 is 0 Å². The van der Waals surface area contributed by atoms with Gasteiger partial charge >= 0.3 is 5.97 Å². The van der Waals surface area contributed by atoms with Crippen LogP contribution in [0.15, 0.2) is 12.4 Å². The normalized spacial score (nSPS) is 9.59. The second-order valence-corrected chi connectivity index (χ2v) is 3.53. The van der Waals surface area contributed by atoms with Crippen LogP contribution in [0.3, 0.4) is 0 Å². The Labute approximate surface area is 99.3 Å². The van der Waals surface area contributed by atoms with Crippen molar-refractivity contribution in [2.45, 2.75) is 25.7 Å². The first-order valence-corrected chi connectivity index (χ1v) is 5.40. The molecule has 0 aromatic carbocycles. The fourth-order valence-corrected chi connectivity index (χ4v) is 1.27.